The number of hydrogen-bond acceptors (Lipinski definition) is 4. The number of amides is 2. The van der Waals surface area contributed by atoms with E-state index in [4.69, 9.17) is 4.74 Å². The van der Waals surface area contributed by atoms with Crippen molar-refractivity contribution >= 4 is 17.7 Å². The molecule has 6 nitrogen and oxygen atoms in total. The summed E-state index contributed by atoms with van der Waals surface area (Å²) >= 11 is 0. The number of nitrogens with zero attached hydrogens (tertiary/aromatic N) is 2. The third kappa shape index (κ3) is 2.87. The standard InChI is InChI=1S/C17H21N3O3/c1-6-11-7-8-13-12(9-11)17(10-18,14(21)20(13)5)19-15(22)23-16(2,3)4/h7-9H,6H2,1-5H3,(H,19,22). The van der Waals surface area contributed by atoms with Crippen LogP contribution in [0.2, 0.25) is 0 Å². The number of nitriles is 1. The van der Waals surface area contributed by atoms with E-state index in [1.807, 2.05) is 19.1 Å². The number of carbonyl (C=O) groups excluding carboxylic acids is 2. The van der Waals surface area contributed by atoms with Crippen LogP contribution in [-0.2, 0) is 21.5 Å². The van der Waals surface area contributed by atoms with Crippen molar-refractivity contribution in [3.05, 3.63) is 29.3 Å². The Morgan fingerprint density at radius 2 is 2.09 bits per heavy atom. The molecule has 1 aromatic carbocycles. The van der Waals surface area contributed by atoms with Gasteiger partial charge in [-0.2, -0.15) is 5.26 Å². The summed E-state index contributed by atoms with van der Waals surface area (Å²) in [6.45, 7) is 7.14. The lowest BCUT2D eigenvalue weighted by Crippen LogP contribution is -2.52. The van der Waals surface area contributed by atoms with Crippen LogP contribution in [0.1, 0.15) is 38.8 Å². The Kier molecular flexibility index (Phi) is 4.08. The molecule has 1 unspecified atom stereocenters. The first-order valence-corrected chi connectivity index (χ1v) is 7.48. The normalized spacial score (nSPS) is 20.0. The van der Waals surface area contributed by atoms with E-state index < -0.39 is 23.1 Å². The van der Waals surface area contributed by atoms with Crippen LogP contribution in [0.4, 0.5) is 10.5 Å². The summed E-state index contributed by atoms with van der Waals surface area (Å²) < 4.78 is 5.21. The number of benzene rings is 1. The summed E-state index contributed by atoms with van der Waals surface area (Å²) in [5.74, 6) is -0.492. The van der Waals surface area contributed by atoms with Crippen LogP contribution in [0.3, 0.4) is 0 Å². The number of rotatable bonds is 2. The maximum Gasteiger partial charge on any atom is 0.409 e. The number of carbonyl (C=O) groups is 2. The first kappa shape index (κ1) is 16.8. The van der Waals surface area contributed by atoms with Gasteiger partial charge >= 0.3 is 6.09 Å². The Morgan fingerprint density at radius 3 is 2.61 bits per heavy atom. The third-order valence-corrected chi connectivity index (χ3v) is 3.72. The van der Waals surface area contributed by atoms with Crippen molar-refractivity contribution in [3.8, 4) is 6.07 Å². The van der Waals surface area contributed by atoms with Crippen molar-refractivity contribution in [1.29, 1.82) is 5.26 Å². The molecule has 1 N–H and O–H groups in total. The van der Waals surface area contributed by atoms with Gasteiger partial charge in [0, 0.05) is 12.6 Å². The first-order valence-electron chi connectivity index (χ1n) is 7.48. The predicted octanol–water partition coefficient (Wildman–Crippen LogP) is 2.47. The lowest BCUT2D eigenvalue weighted by molar-refractivity contribution is -0.122. The van der Waals surface area contributed by atoms with Gasteiger partial charge in [0.2, 0.25) is 5.54 Å². The largest absolute Gasteiger partial charge is 0.444 e. The first-order chi connectivity index (χ1) is 10.6. The second-order valence-electron chi connectivity index (χ2n) is 6.56. The van der Waals surface area contributed by atoms with Gasteiger partial charge in [0.1, 0.15) is 11.7 Å². The van der Waals surface area contributed by atoms with Gasteiger partial charge in [-0.15, -0.1) is 0 Å². The molecular weight excluding hydrogens is 294 g/mol. The molecule has 1 heterocycles. The van der Waals surface area contributed by atoms with Crippen molar-refractivity contribution in [2.24, 2.45) is 0 Å². The van der Waals surface area contributed by atoms with Gasteiger partial charge in [-0.05, 0) is 44.9 Å². The van der Waals surface area contributed by atoms with E-state index in [-0.39, 0.29) is 0 Å². The fraction of sp³-hybridized carbons (Fsp3) is 0.471. The predicted molar refractivity (Wildman–Crippen MR) is 85.9 cm³/mol. The maximum absolute atomic E-state index is 12.6. The summed E-state index contributed by atoms with van der Waals surface area (Å²) in [5.41, 5.74) is -0.389. The van der Waals surface area contributed by atoms with Crippen molar-refractivity contribution < 1.29 is 14.3 Å². The molecule has 0 spiro atoms. The van der Waals surface area contributed by atoms with Crippen molar-refractivity contribution in [2.45, 2.75) is 45.3 Å². The van der Waals surface area contributed by atoms with Gasteiger partial charge in [-0.25, -0.2) is 4.79 Å². The smallest absolute Gasteiger partial charge is 0.409 e. The monoisotopic (exact) mass is 315 g/mol. The van der Waals surface area contributed by atoms with Crippen LogP contribution >= 0.6 is 0 Å². The van der Waals surface area contributed by atoms with Crippen LogP contribution in [0, 0.1) is 11.3 Å². The molecule has 0 aliphatic carbocycles. The van der Waals surface area contributed by atoms with Crippen LogP contribution in [0.25, 0.3) is 0 Å². The number of aryl methyl sites for hydroxylation is 1. The molecule has 0 saturated heterocycles. The van der Waals surface area contributed by atoms with Crippen molar-refractivity contribution in [1.82, 2.24) is 5.32 Å². The van der Waals surface area contributed by atoms with E-state index in [0.717, 1.165) is 12.0 Å². The highest BCUT2D eigenvalue weighted by molar-refractivity contribution is 6.10. The lowest BCUT2D eigenvalue weighted by Gasteiger charge is -2.25. The van der Waals surface area contributed by atoms with Crippen LogP contribution in [0.5, 0.6) is 0 Å². The molecule has 0 bridgehead atoms. The molecular formula is C17H21N3O3. The van der Waals surface area contributed by atoms with Crippen molar-refractivity contribution in [2.75, 3.05) is 11.9 Å². The molecule has 0 fully saturated rings. The molecule has 1 aliphatic rings. The average molecular weight is 315 g/mol. The minimum atomic E-state index is -1.75. The lowest BCUT2D eigenvalue weighted by atomic mass is 9.91. The number of anilines is 1. The maximum atomic E-state index is 12.6. The van der Waals surface area contributed by atoms with Gasteiger partial charge in [0.25, 0.3) is 5.91 Å². The highest BCUT2D eigenvalue weighted by Crippen LogP contribution is 2.40. The molecule has 2 rings (SSSR count). The molecule has 1 aliphatic heterocycles. The molecule has 0 radical (unpaired) electrons. The zero-order chi connectivity index (χ0) is 17.4. The Hall–Kier alpha value is -2.55. The molecule has 0 saturated carbocycles. The Balaban J connectivity index is 2.48. The van der Waals surface area contributed by atoms with Gasteiger partial charge in [-0.3, -0.25) is 10.1 Å². The topological polar surface area (TPSA) is 82.4 Å². The Bertz CT molecular complexity index is 700. The summed E-state index contributed by atoms with van der Waals surface area (Å²) in [5, 5.41) is 12.2. The molecule has 6 heteroatoms. The molecule has 122 valence electrons. The van der Waals surface area contributed by atoms with Gasteiger partial charge in [0.15, 0.2) is 0 Å². The van der Waals surface area contributed by atoms with Crippen LogP contribution < -0.4 is 10.2 Å². The van der Waals surface area contributed by atoms with Gasteiger partial charge in [0.05, 0.1) is 5.69 Å². The fourth-order valence-electron chi connectivity index (χ4n) is 2.59. The van der Waals surface area contributed by atoms with Crippen LogP contribution in [0.15, 0.2) is 18.2 Å². The number of likely N-dealkylation sites (N-methyl/N-ethyl adjacent to an activating group) is 1. The summed E-state index contributed by atoms with van der Waals surface area (Å²) in [7, 11) is 1.59. The molecule has 23 heavy (non-hydrogen) atoms. The minimum absolute atomic E-state index is 0.484. The van der Waals surface area contributed by atoms with E-state index >= 15 is 0 Å². The summed E-state index contributed by atoms with van der Waals surface area (Å²) in [4.78, 5) is 26.2. The number of alkyl carbamates (subject to hydrolysis) is 1. The average Bonchev–Trinajstić information content (AvgIpc) is 2.67. The minimum Gasteiger partial charge on any atom is -0.444 e. The fourth-order valence-corrected chi connectivity index (χ4v) is 2.59. The summed E-state index contributed by atoms with van der Waals surface area (Å²) in [6.07, 6.45) is -0.0328. The van der Waals surface area contributed by atoms with Gasteiger partial charge < -0.3 is 9.64 Å². The third-order valence-electron chi connectivity index (χ3n) is 3.72. The highest BCUT2D eigenvalue weighted by Gasteiger charge is 2.52. The van der Waals surface area contributed by atoms with Gasteiger partial charge in [-0.1, -0.05) is 13.0 Å². The molecule has 0 aromatic heterocycles. The second kappa shape index (κ2) is 5.58. The zero-order valence-corrected chi connectivity index (χ0v) is 14.1. The second-order valence-corrected chi connectivity index (χ2v) is 6.56. The van der Waals surface area contributed by atoms with Crippen molar-refractivity contribution in [3.63, 3.8) is 0 Å². The highest BCUT2D eigenvalue weighted by atomic mass is 16.6. The zero-order valence-electron chi connectivity index (χ0n) is 14.1. The van der Waals surface area contributed by atoms with Crippen LogP contribution in [-0.4, -0.2) is 24.6 Å². The number of hydrogen-bond donors (Lipinski definition) is 1. The summed E-state index contributed by atoms with van der Waals surface area (Å²) in [6, 6.07) is 7.47. The van der Waals surface area contributed by atoms with E-state index in [1.165, 1.54) is 4.90 Å². The van der Waals surface area contributed by atoms with E-state index in [0.29, 0.717) is 11.3 Å². The SMILES string of the molecule is CCc1ccc2c(c1)C(C#N)(NC(=O)OC(C)(C)C)C(=O)N2C. The molecule has 1 atom stereocenters. The Labute approximate surface area is 136 Å². The van der Waals surface area contributed by atoms with E-state index in [9.17, 15) is 14.9 Å². The molecule has 2 amide bonds. The van der Waals surface area contributed by atoms with E-state index in [1.54, 1.807) is 40.0 Å². The number of ether oxygens (including phenoxy) is 1. The van der Waals surface area contributed by atoms with E-state index in [2.05, 4.69) is 5.32 Å². The number of nitrogens with one attached hydrogen (secondary N) is 1. The number of fused-ring (bicyclic) bond motifs is 1. The Morgan fingerprint density at radius 1 is 1.43 bits per heavy atom. The quantitative estimate of drug-likeness (QED) is 0.909. The molecule has 1 aromatic rings.